The average molecular weight is 284 g/mol. The van der Waals surface area contributed by atoms with E-state index in [9.17, 15) is 4.79 Å². The van der Waals surface area contributed by atoms with Crippen LogP contribution in [0.25, 0.3) is 0 Å². The van der Waals surface area contributed by atoms with Crippen LogP contribution >= 0.6 is 0 Å². The van der Waals surface area contributed by atoms with E-state index >= 15 is 0 Å². The molecule has 0 aromatic heterocycles. The Bertz CT molecular complexity index is 384. The molecule has 2 bridgehead atoms. The van der Waals surface area contributed by atoms with Crippen molar-refractivity contribution in [3.8, 4) is 0 Å². The Morgan fingerprint density at radius 3 is 2.70 bits per heavy atom. The molecule has 0 radical (unpaired) electrons. The number of ether oxygens (including phenoxy) is 4. The van der Waals surface area contributed by atoms with Crippen molar-refractivity contribution in [2.45, 2.75) is 75.1 Å². The predicted molar refractivity (Wildman–Crippen MR) is 71.6 cm³/mol. The average Bonchev–Trinajstić information content (AvgIpc) is 2.70. The number of hydrogen-bond donors (Lipinski definition) is 0. The van der Waals surface area contributed by atoms with E-state index < -0.39 is 0 Å². The molecule has 3 rings (SSSR count). The fraction of sp³-hybridized carbons (Fsp3) is 0.933. The minimum atomic E-state index is -0.279. The molecule has 0 amide bonds. The highest BCUT2D eigenvalue weighted by Crippen LogP contribution is 2.50. The lowest BCUT2D eigenvalue weighted by atomic mass is 9.76. The van der Waals surface area contributed by atoms with Crippen LogP contribution in [-0.2, 0) is 23.7 Å². The fourth-order valence-corrected chi connectivity index (χ4v) is 4.18. The van der Waals surface area contributed by atoms with Crippen molar-refractivity contribution in [1.82, 2.24) is 0 Å². The van der Waals surface area contributed by atoms with Gasteiger partial charge in [-0.05, 0) is 19.8 Å². The third-order valence-electron chi connectivity index (χ3n) is 4.99. The monoisotopic (exact) mass is 284 g/mol. The molecule has 3 aliphatic rings. The third-order valence-corrected chi connectivity index (χ3v) is 4.99. The number of carbonyl (C=O) groups excluding carboxylic acids is 1. The first-order valence-electron chi connectivity index (χ1n) is 7.46. The quantitative estimate of drug-likeness (QED) is 0.782. The number of rotatable bonds is 4. The van der Waals surface area contributed by atoms with Gasteiger partial charge in [0.2, 0.25) is 0 Å². The second kappa shape index (κ2) is 5.37. The first-order chi connectivity index (χ1) is 9.58. The predicted octanol–water partition coefficient (Wildman–Crippen LogP) is 1.47. The van der Waals surface area contributed by atoms with Crippen molar-refractivity contribution >= 4 is 5.78 Å². The molecular weight excluding hydrogens is 260 g/mol. The normalized spacial score (nSPS) is 47.0. The van der Waals surface area contributed by atoms with Crippen molar-refractivity contribution in [1.29, 1.82) is 0 Å². The van der Waals surface area contributed by atoms with Gasteiger partial charge in [-0.25, -0.2) is 0 Å². The van der Waals surface area contributed by atoms with Crippen LogP contribution in [-0.4, -0.2) is 56.1 Å². The standard InChI is InChI=1S/C15H24O5/c1-9(16)6-10-4-5-13-15(20-10)7-11(17-2)14(18-3)12(8-15)19-13/h10-14H,4-8H2,1-3H3/t10?,11-,12-,13?,14-,15?/m1/s1. The summed E-state index contributed by atoms with van der Waals surface area (Å²) in [6.45, 7) is 1.63. The maximum Gasteiger partial charge on any atom is 0.132 e. The SMILES string of the molecule is CO[C@@H]1[C@H](OC)CC23C[C@H]1OC2CCC(CC(C)=O)O3. The molecule has 1 saturated carbocycles. The smallest absolute Gasteiger partial charge is 0.132 e. The summed E-state index contributed by atoms with van der Waals surface area (Å²) in [4.78, 5) is 11.3. The van der Waals surface area contributed by atoms with E-state index in [0.29, 0.717) is 6.42 Å². The van der Waals surface area contributed by atoms with Gasteiger partial charge in [0.1, 0.15) is 11.9 Å². The Balaban J connectivity index is 1.78. The molecule has 3 unspecified atom stereocenters. The largest absolute Gasteiger partial charge is 0.379 e. The van der Waals surface area contributed by atoms with Gasteiger partial charge in [-0.1, -0.05) is 0 Å². The zero-order valence-electron chi connectivity index (χ0n) is 12.5. The van der Waals surface area contributed by atoms with Crippen LogP contribution in [0.15, 0.2) is 0 Å². The lowest BCUT2D eigenvalue weighted by Crippen LogP contribution is -2.55. The highest BCUT2D eigenvalue weighted by atomic mass is 16.6. The van der Waals surface area contributed by atoms with E-state index in [1.165, 1.54) is 0 Å². The van der Waals surface area contributed by atoms with Gasteiger partial charge < -0.3 is 18.9 Å². The van der Waals surface area contributed by atoms with Crippen LogP contribution in [0.3, 0.4) is 0 Å². The highest BCUT2D eigenvalue weighted by molar-refractivity contribution is 5.76. The fourth-order valence-electron chi connectivity index (χ4n) is 4.18. The summed E-state index contributed by atoms with van der Waals surface area (Å²) >= 11 is 0. The van der Waals surface area contributed by atoms with Gasteiger partial charge in [-0.3, -0.25) is 4.79 Å². The number of methoxy groups -OCH3 is 2. The summed E-state index contributed by atoms with van der Waals surface area (Å²) in [6, 6.07) is 0. The van der Waals surface area contributed by atoms with Crippen molar-refractivity contribution < 1.29 is 23.7 Å². The topological polar surface area (TPSA) is 54.0 Å². The lowest BCUT2D eigenvalue weighted by Gasteiger charge is -2.45. The van der Waals surface area contributed by atoms with Gasteiger partial charge in [-0.15, -0.1) is 0 Å². The minimum Gasteiger partial charge on any atom is -0.379 e. The van der Waals surface area contributed by atoms with Gasteiger partial charge in [0.05, 0.1) is 30.0 Å². The van der Waals surface area contributed by atoms with Crippen LogP contribution < -0.4 is 0 Å². The summed E-state index contributed by atoms with van der Waals surface area (Å²) < 4.78 is 23.6. The molecule has 2 saturated heterocycles. The minimum absolute atomic E-state index is 0.000159. The molecule has 1 spiro atoms. The first kappa shape index (κ1) is 14.4. The van der Waals surface area contributed by atoms with Crippen molar-refractivity contribution in [2.24, 2.45) is 0 Å². The van der Waals surface area contributed by atoms with Crippen molar-refractivity contribution in [3.05, 3.63) is 0 Å². The van der Waals surface area contributed by atoms with E-state index in [-0.39, 0.29) is 41.9 Å². The first-order valence-corrected chi connectivity index (χ1v) is 7.46. The molecule has 0 N–H and O–H groups in total. The number of carbonyl (C=O) groups is 1. The molecule has 6 atom stereocenters. The van der Waals surface area contributed by atoms with Crippen LogP contribution in [0.4, 0.5) is 0 Å². The van der Waals surface area contributed by atoms with E-state index in [1.54, 1.807) is 21.1 Å². The molecule has 20 heavy (non-hydrogen) atoms. The number of ketones is 1. The molecular formula is C15H24O5. The molecule has 114 valence electrons. The molecule has 2 aliphatic heterocycles. The maximum atomic E-state index is 11.3. The zero-order chi connectivity index (χ0) is 14.3. The summed E-state index contributed by atoms with van der Waals surface area (Å²) in [6.07, 6.45) is 4.17. The second-order valence-electron chi connectivity index (χ2n) is 6.33. The Morgan fingerprint density at radius 1 is 1.25 bits per heavy atom. The molecule has 5 heteroatoms. The maximum absolute atomic E-state index is 11.3. The summed E-state index contributed by atoms with van der Waals surface area (Å²) in [5.41, 5.74) is -0.279. The molecule has 2 heterocycles. The van der Waals surface area contributed by atoms with Crippen molar-refractivity contribution in [3.63, 3.8) is 0 Å². The zero-order valence-corrected chi connectivity index (χ0v) is 12.5. The van der Waals surface area contributed by atoms with E-state index in [0.717, 1.165) is 25.7 Å². The van der Waals surface area contributed by atoms with Gasteiger partial charge in [-0.2, -0.15) is 0 Å². The van der Waals surface area contributed by atoms with E-state index in [1.807, 2.05) is 0 Å². The Hall–Kier alpha value is -0.490. The van der Waals surface area contributed by atoms with Gasteiger partial charge in [0.25, 0.3) is 0 Å². The molecule has 5 nitrogen and oxygen atoms in total. The van der Waals surface area contributed by atoms with Crippen molar-refractivity contribution in [2.75, 3.05) is 14.2 Å². The summed E-state index contributed by atoms with van der Waals surface area (Å²) in [5.74, 6) is 0.189. The Morgan fingerprint density at radius 2 is 2.05 bits per heavy atom. The number of fused-ring (bicyclic) bond motifs is 1. The van der Waals surface area contributed by atoms with Crippen LogP contribution in [0.1, 0.15) is 39.0 Å². The summed E-state index contributed by atoms with van der Waals surface area (Å²) in [7, 11) is 3.42. The second-order valence-corrected chi connectivity index (χ2v) is 6.33. The van der Waals surface area contributed by atoms with E-state index in [4.69, 9.17) is 18.9 Å². The van der Waals surface area contributed by atoms with Gasteiger partial charge in [0, 0.05) is 33.5 Å². The number of hydrogen-bond acceptors (Lipinski definition) is 5. The van der Waals surface area contributed by atoms with Crippen LogP contribution in [0.2, 0.25) is 0 Å². The third kappa shape index (κ3) is 2.30. The molecule has 0 aromatic rings. The van der Waals surface area contributed by atoms with Gasteiger partial charge in [0.15, 0.2) is 0 Å². The molecule has 3 fully saturated rings. The number of Topliss-reactive ketones (excluding diaryl/α,β-unsaturated/α-hetero) is 1. The van der Waals surface area contributed by atoms with E-state index in [2.05, 4.69) is 0 Å². The Labute approximate surface area is 119 Å². The molecule has 0 aromatic carbocycles. The van der Waals surface area contributed by atoms with Crippen LogP contribution in [0, 0.1) is 0 Å². The van der Waals surface area contributed by atoms with Gasteiger partial charge >= 0.3 is 0 Å². The molecule has 1 aliphatic carbocycles. The lowest BCUT2D eigenvalue weighted by molar-refractivity contribution is -0.183. The Kier molecular flexibility index (Phi) is 3.88. The highest BCUT2D eigenvalue weighted by Gasteiger charge is 2.60. The summed E-state index contributed by atoms with van der Waals surface area (Å²) in [5, 5.41) is 0. The van der Waals surface area contributed by atoms with Crippen LogP contribution in [0.5, 0.6) is 0 Å².